The van der Waals surface area contributed by atoms with Crippen LogP contribution >= 0.6 is 27.7 Å². The molecule has 1 amide bonds. The zero-order valence-corrected chi connectivity index (χ0v) is 27.1. The summed E-state index contributed by atoms with van der Waals surface area (Å²) in [5.74, 6) is 2.45. The van der Waals surface area contributed by atoms with E-state index in [4.69, 9.17) is 24.4 Å². The third-order valence-corrected chi connectivity index (χ3v) is 8.38. The van der Waals surface area contributed by atoms with Crippen LogP contribution in [0, 0.1) is 5.41 Å². The summed E-state index contributed by atoms with van der Waals surface area (Å²) in [6, 6.07) is 21.1. The van der Waals surface area contributed by atoms with Crippen LogP contribution in [0.3, 0.4) is 0 Å². The maximum Gasteiger partial charge on any atom is 0.283 e. The van der Waals surface area contributed by atoms with Crippen molar-refractivity contribution in [2.45, 2.75) is 33.1 Å². The summed E-state index contributed by atoms with van der Waals surface area (Å²) in [5.41, 5.74) is 2.04. The Morgan fingerprint density at radius 3 is 2.43 bits per heavy atom. The van der Waals surface area contributed by atoms with Gasteiger partial charge >= 0.3 is 0 Å². The summed E-state index contributed by atoms with van der Waals surface area (Å²) in [6.07, 6.45) is 2.69. The van der Waals surface area contributed by atoms with E-state index in [9.17, 15) is 4.79 Å². The molecule has 1 N–H and O–H groups in total. The number of fused-ring (bicyclic) bond motifs is 1. The zero-order valence-electron chi connectivity index (χ0n) is 24.7. The summed E-state index contributed by atoms with van der Waals surface area (Å²) >= 11 is 4.80. The number of ether oxygens (including phenoxy) is 4. The standard InChI is InChI=1S/C33H33BrN4O5S/c1-4-21(3)23-11-13-25(14-12-23)41-15-16-42-30-27(34)18-22(19-28(30)40-5-2)17-26-31(35)38-33(36-32(26)39)44-29(37-38)20-43-24-9-7-6-8-10-24/h6-14,17-19,21,35H,4-5,15-16,20H2,1-3H3/b26-17-,35-31?. The van der Waals surface area contributed by atoms with E-state index in [2.05, 4.69) is 52.0 Å². The molecule has 1 unspecified atom stereocenters. The highest BCUT2D eigenvalue weighted by molar-refractivity contribution is 9.10. The third-order valence-electron chi connectivity index (χ3n) is 6.90. The molecule has 5 rings (SSSR count). The molecule has 11 heteroatoms. The predicted molar refractivity (Wildman–Crippen MR) is 178 cm³/mol. The second-order valence-electron chi connectivity index (χ2n) is 9.95. The number of halogens is 1. The van der Waals surface area contributed by atoms with Crippen molar-refractivity contribution >= 4 is 55.7 Å². The number of amides is 1. The minimum atomic E-state index is -0.516. The summed E-state index contributed by atoms with van der Waals surface area (Å²) < 4.78 is 24.2. The Morgan fingerprint density at radius 2 is 1.70 bits per heavy atom. The highest BCUT2D eigenvalue weighted by Crippen LogP contribution is 2.38. The maximum atomic E-state index is 13.0. The fraction of sp³-hybridized carbons (Fsp3) is 0.273. The molecule has 0 radical (unpaired) electrons. The van der Waals surface area contributed by atoms with E-state index in [-0.39, 0.29) is 18.0 Å². The molecule has 3 aromatic rings. The van der Waals surface area contributed by atoms with Crippen LogP contribution in [-0.4, -0.2) is 53.4 Å². The highest BCUT2D eigenvalue weighted by atomic mass is 79.9. The number of carbonyl (C=O) groups is 1. The quantitative estimate of drug-likeness (QED) is 0.147. The van der Waals surface area contributed by atoms with Crippen molar-refractivity contribution in [3.05, 3.63) is 87.9 Å². The molecule has 1 atom stereocenters. The normalized spacial score (nSPS) is 15.9. The SMILES string of the molecule is CCOc1cc(/C=C2/C(=N)N3N=C(COc4ccccc4)SC3=NC2=O)cc(Br)c1OCCOc1ccc(C(C)CC)cc1. The van der Waals surface area contributed by atoms with Gasteiger partial charge in [0.05, 0.1) is 16.7 Å². The first-order valence-corrected chi connectivity index (χ1v) is 16.0. The minimum absolute atomic E-state index is 0.0639. The average molecular weight is 678 g/mol. The molecule has 2 aliphatic rings. The van der Waals surface area contributed by atoms with Crippen molar-refractivity contribution in [1.29, 1.82) is 5.41 Å². The molecule has 3 aromatic carbocycles. The van der Waals surface area contributed by atoms with Crippen LogP contribution in [0.5, 0.6) is 23.0 Å². The lowest BCUT2D eigenvalue weighted by molar-refractivity contribution is -0.114. The zero-order chi connectivity index (χ0) is 31.1. The van der Waals surface area contributed by atoms with Gasteiger partial charge in [-0.05, 0) is 101 Å². The molecule has 0 bridgehead atoms. The maximum absolute atomic E-state index is 13.0. The first kappa shape index (κ1) is 31.3. The van der Waals surface area contributed by atoms with Gasteiger partial charge in [0.1, 0.15) is 36.4 Å². The van der Waals surface area contributed by atoms with Gasteiger partial charge < -0.3 is 18.9 Å². The monoisotopic (exact) mass is 676 g/mol. The van der Waals surface area contributed by atoms with E-state index in [1.165, 1.54) is 22.3 Å². The Kier molecular flexibility index (Phi) is 10.4. The molecule has 2 heterocycles. The molecular weight excluding hydrogens is 644 g/mol. The number of hydrogen-bond donors (Lipinski definition) is 1. The predicted octanol–water partition coefficient (Wildman–Crippen LogP) is 7.52. The number of aliphatic imine (C=N–C) groups is 1. The van der Waals surface area contributed by atoms with E-state index in [0.717, 1.165) is 12.2 Å². The first-order valence-electron chi connectivity index (χ1n) is 14.3. The van der Waals surface area contributed by atoms with E-state index in [1.807, 2.05) is 49.4 Å². The number of thioether (sulfide) groups is 1. The van der Waals surface area contributed by atoms with Gasteiger partial charge in [-0.2, -0.15) is 15.1 Å². The van der Waals surface area contributed by atoms with Crippen LogP contribution in [0.1, 0.15) is 44.2 Å². The van der Waals surface area contributed by atoms with Crippen molar-refractivity contribution < 1.29 is 23.7 Å². The largest absolute Gasteiger partial charge is 0.490 e. The Morgan fingerprint density at radius 1 is 0.977 bits per heavy atom. The number of hydrazone groups is 1. The van der Waals surface area contributed by atoms with Crippen LogP contribution in [-0.2, 0) is 4.79 Å². The van der Waals surface area contributed by atoms with Crippen LogP contribution in [0.25, 0.3) is 6.08 Å². The van der Waals surface area contributed by atoms with E-state index in [1.54, 1.807) is 18.2 Å². The van der Waals surface area contributed by atoms with E-state index < -0.39 is 5.91 Å². The lowest BCUT2D eigenvalue weighted by Crippen LogP contribution is -2.35. The van der Waals surface area contributed by atoms with Crippen LogP contribution in [0.15, 0.2) is 86.9 Å². The number of para-hydroxylation sites is 1. The lowest BCUT2D eigenvalue weighted by atomic mass is 9.99. The van der Waals surface area contributed by atoms with Crippen molar-refractivity contribution in [2.75, 3.05) is 26.4 Å². The molecule has 0 saturated heterocycles. The smallest absolute Gasteiger partial charge is 0.283 e. The molecule has 2 aliphatic heterocycles. The van der Waals surface area contributed by atoms with Gasteiger partial charge in [0.2, 0.25) is 5.17 Å². The molecule has 0 fully saturated rings. The van der Waals surface area contributed by atoms with Gasteiger partial charge in [-0.15, -0.1) is 0 Å². The summed E-state index contributed by atoms with van der Waals surface area (Å²) in [5, 5.41) is 15.5. The number of nitrogens with zero attached hydrogens (tertiary/aromatic N) is 3. The second-order valence-corrected chi connectivity index (χ2v) is 11.8. The van der Waals surface area contributed by atoms with Gasteiger partial charge in [-0.1, -0.05) is 44.2 Å². The molecule has 44 heavy (non-hydrogen) atoms. The van der Waals surface area contributed by atoms with Gasteiger partial charge in [-0.25, -0.2) is 0 Å². The molecule has 228 valence electrons. The average Bonchev–Trinajstić information content (AvgIpc) is 3.44. The van der Waals surface area contributed by atoms with Gasteiger partial charge in [0.25, 0.3) is 5.91 Å². The summed E-state index contributed by atoms with van der Waals surface area (Å²) in [4.78, 5) is 17.1. The summed E-state index contributed by atoms with van der Waals surface area (Å²) in [7, 11) is 0. The van der Waals surface area contributed by atoms with E-state index >= 15 is 0 Å². The third kappa shape index (κ3) is 7.51. The van der Waals surface area contributed by atoms with Gasteiger partial charge in [0.15, 0.2) is 17.3 Å². The van der Waals surface area contributed by atoms with Gasteiger partial charge in [0, 0.05) is 0 Å². The Bertz CT molecular complexity index is 1610. The summed E-state index contributed by atoms with van der Waals surface area (Å²) in [6.45, 7) is 7.54. The number of carbonyl (C=O) groups excluding carboxylic acids is 1. The fourth-order valence-corrected chi connectivity index (χ4v) is 5.80. The Hall–Kier alpha value is -4.09. The van der Waals surface area contributed by atoms with Crippen molar-refractivity contribution in [3.63, 3.8) is 0 Å². The molecule has 0 aromatic heterocycles. The number of benzene rings is 3. The number of rotatable bonds is 13. The number of hydrogen-bond acceptors (Lipinski definition) is 8. The Labute approximate surface area is 269 Å². The van der Waals surface area contributed by atoms with Crippen molar-refractivity contribution in [3.8, 4) is 23.0 Å². The number of amidine groups is 2. The second kappa shape index (κ2) is 14.6. The van der Waals surface area contributed by atoms with E-state index in [0.29, 0.717) is 63.2 Å². The van der Waals surface area contributed by atoms with Crippen molar-refractivity contribution in [1.82, 2.24) is 5.01 Å². The first-order chi connectivity index (χ1) is 21.4. The Balaban J connectivity index is 1.25. The molecule has 0 spiro atoms. The molecule has 9 nitrogen and oxygen atoms in total. The lowest BCUT2D eigenvalue weighted by Gasteiger charge is -2.20. The van der Waals surface area contributed by atoms with Crippen LogP contribution < -0.4 is 18.9 Å². The van der Waals surface area contributed by atoms with Crippen molar-refractivity contribution in [2.24, 2.45) is 10.1 Å². The molecular formula is C33H33BrN4O5S. The minimum Gasteiger partial charge on any atom is -0.490 e. The topological polar surface area (TPSA) is 106 Å². The van der Waals surface area contributed by atoms with Crippen LogP contribution in [0.2, 0.25) is 0 Å². The molecule has 0 aliphatic carbocycles. The highest BCUT2D eigenvalue weighted by Gasteiger charge is 2.36. The fourth-order valence-electron chi connectivity index (χ4n) is 4.42. The molecule has 0 saturated carbocycles. The number of nitrogens with one attached hydrogen (secondary N) is 1. The van der Waals surface area contributed by atoms with Gasteiger partial charge in [-0.3, -0.25) is 10.2 Å². The van der Waals surface area contributed by atoms with Crippen LogP contribution in [0.4, 0.5) is 0 Å².